The summed E-state index contributed by atoms with van der Waals surface area (Å²) in [6.45, 7) is 10.7. The average molecular weight is 449 g/mol. The van der Waals surface area contributed by atoms with Crippen molar-refractivity contribution in [3.63, 3.8) is 0 Å². The Morgan fingerprint density at radius 1 is 1.17 bits per heavy atom. The van der Waals surface area contributed by atoms with Crippen LogP contribution >= 0.6 is 11.3 Å². The van der Waals surface area contributed by atoms with E-state index in [1.54, 1.807) is 33.8 Å². The van der Waals surface area contributed by atoms with Crippen molar-refractivity contribution in [1.82, 2.24) is 9.21 Å². The SMILES string of the molecule is Cc1cccc(S(=O)(=O)N2CCc3sc(OC4CCN(CC(C)C)CC4)cc3C2)c1. The molecule has 1 aromatic carbocycles. The fourth-order valence-electron chi connectivity index (χ4n) is 4.36. The topological polar surface area (TPSA) is 49.9 Å². The van der Waals surface area contributed by atoms with Gasteiger partial charge in [-0.15, -0.1) is 11.3 Å². The van der Waals surface area contributed by atoms with Crippen LogP contribution in [-0.4, -0.2) is 49.9 Å². The van der Waals surface area contributed by atoms with Crippen molar-refractivity contribution in [1.29, 1.82) is 0 Å². The number of aryl methyl sites for hydroxylation is 1. The van der Waals surface area contributed by atoms with Gasteiger partial charge in [0.05, 0.1) is 4.90 Å². The number of piperidine rings is 1. The third kappa shape index (κ3) is 4.90. The van der Waals surface area contributed by atoms with Gasteiger partial charge < -0.3 is 9.64 Å². The Kier molecular flexibility index (Phi) is 6.53. The molecule has 1 fully saturated rings. The van der Waals surface area contributed by atoms with Crippen molar-refractivity contribution in [2.24, 2.45) is 5.92 Å². The van der Waals surface area contributed by atoms with Crippen LogP contribution in [0, 0.1) is 12.8 Å². The highest BCUT2D eigenvalue weighted by Gasteiger charge is 2.30. The van der Waals surface area contributed by atoms with Gasteiger partial charge in [-0.1, -0.05) is 26.0 Å². The van der Waals surface area contributed by atoms with Crippen LogP contribution in [0.2, 0.25) is 0 Å². The predicted octanol–water partition coefficient (Wildman–Crippen LogP) is 4.30. The molecule has 2 aliphatic rings. The summed E-state index contributed by atoms with van der Waals surface area (Å²) < 4.78 is 34.1. The van der Waals surface area contributed by atoms with Crippen molar-refractivity contribution < 1.29 is 13.2 Å². The van der Waals surface area contributed by atoms with Gasteiger partial charge >= 0.3 is 0 Å². The Hall–Kier alpha value is -1.41. The number of sulfonamides is 1. The summed E-state index contributed by atoms with van der Waals surface area (Å²) in [5.74, 6) is 0.700. The van der Waals surface area contributed by atoms with E-state index in [1.807, 2.05) is 13.0 Å². The fourth-order valence-corrected chi connectivity index (χ4v) is 6.96. The van der Waals surface area contributed by atoms with Crippen LogP contribution in [0.5, 0.6) is 5.06 Å². The van der Waals surface area contributed by atoms with Crippen molar-refractivity contribution in [3.05, 3.63) is 46.3 Å². The van der Waals surface area contributed by atoms with Gasteiger partial charge in [-0.05, 0) is 61.4 Å². The van der Waals surface area contributed by atoms with E-state index in [0.29, 0.717) is 23.9 Å². The number of ether oxygens (including phenoxy) is 1. The number of benzene rings is 1. The molecule has 30 heavy (non-hydrogen) atoms. The minimum absolute atomic E-state index is 0.264. The summed E-state index contributed by atoms with van der Waals surface area (Å²) in [7, 11) is -3.47. The Balaban J connectivity index is 1.39. The van der Waals surface area contributed by atoms with Crippen LogP contribution in [0.1, 0.15) is 42.7 Å². The van der Waals surface area contributed by atoms with Gasteiger partial charge in [0, 0.05) is 37.6 Å². The summed E-state index contributed by atoms with van der Waals surface area (Å²) in [5.41, 5.74) is 2.05. The van der Waals surface area contributed by atoms with E-state index in [1.165, 1.54) is 4.88 Å². The van der Waals surface area contributed by atoms with E-state index in [4.69, 9.17) is 4.74 Å². The van der Waals surface area contributed by atoms with Gasteiger partial charge in [-0.2, -0.15) is 4.31 Å². The van der Waals surface area contributed by atoms with Gasteiger partial charge in [0.1, 0.15) is 6.10 Å². The van der Waals surface area contributed by atoms with Gasteiger partial charge in [0.2, 0.25) is 10.0 Å². The molecule has 7 heteroatoms. The second-order valence-corrected chi connectivity index (χ2v) is 12.0. The van der Waals surface area contributed by atoms with E-state index in [9.17, 15) is 8.42 Å². The lowest BCUT2D eigenvalue weighted by molar-refractivity contribution is 0.0968. The Labute approximate surface area is 184 Å². The number of thiophene rings is 1. The molecular weight excluding hydrogens is 416 g/mol. The number of hydrogen-bond acceptors (Lipinski definition) is 5. The summed E-state index contributed by atoms with van der Waals surface area (Å²) in [4.78, 5) is 4.17. The molecule has 0 N–H and O–H groups in total. The first-order chi connectivity index (χ1) is 14.3. The lowest BCUT2D eigenvalue weighted by atomic mass is 10.1. The fraction of sp³-hybridized carbons (Fsp3) is 0.565. The van der Waals surface area contributed by atoms with Crippen LogP contribution < -0.4 is 4.74 Å². The maximum atomic E-state index is 13.1. The molecule has 3 heterocycles. The van der Waals surface area contributed by atoms with E-state index in [-0.39, 0.29) is 6.10 Å². The van der Waals surface area contributed by atoms with E-state index >= 15 is 0 Å². The zero-order chi connectivity index (χ0) is 21.3. The first-order valence-corrected chi connectivity index (χ1v) is 13.1. The minimum atomic E-state index is -3.47. The zero-order valence-electron chi connectivity index (χ0n) is 18.1. The van der Waals surface area contributed by atoms with E-state index in [0.717, 1.165) is 55.1 Å². The molecule has 4 rings (SSSR count). The van der Waals surface area contributed by atoms with Crippen LogP contribution in [0.4, 0.5) is 0 Å². The molecule has 0 amide bonds. The first-order valence-electron chi connectivity index (χ1n) is 10.9. The monoisotopic (exact) mass is 448 g/mol. The van der Waals surface area contributed by atoms with Crippen molar-refractivity contribution in [3.8, 4) is 5.06 Å². The third-order valence-corrected chi connectivity index (χ3v) is 8.85. The first kappa shape index (κ1) is 21.8. The molecule has 164 valence electrons. The summed E-state index contributed by atoms with van der Waals surface area (Å²) in [6, 6.07) is 9.23. The molecule has 2 aromatic rings. The minimum Gasteiger partial charge on any atom is -0.481 e. The molecule has 1 saturated heterocycles. The van der Waals surface area contributed by atoms with Crippen LogP contribution in [0.25, 0.3) is 0 Å². The van der Waals surface area contributed by atoms with Crippen molar-refractivity contribution >= 4 is 21.4 Å². The molecule has 0 atom stereocenters. The maximum absolute atomic E-state index is 13.1. The summed E-state index contributed by atoms with van der Waals surface area (Å²) >= 11 is 1.69. The second kappa shape index (κ2) is 8.99. The lowest BCUT2D eigenvalue weighted by Gasteiger charge is -2.32. The lowest BCUT2D eigenvalue weighted by Crippen LogP contribution is -2.39. The quantitative estimate of drug-likeness (QED) is 0.661. The highest BCUT2D eigenvalue weighted by Crippen LogP contribution is 2.36. The van der Waals surface area contributed by atoms with Gasteiger partial charge in [-0.3, -0.25) is 0 Å². The normalized spacial score (nSPS) is 19.2. The average Bonchev–Trinajstić information content (AvgIpc) is 3.10. The highest BCUT2D eigenvalue weighted by atomic mass is 32.2. The smallest absolute Gasteiger partial charge is 0.243 e. The van der Waals surface area contributed by atoms with Gasteiger partial charge in [0.25, 0.3) is 0 Å². The number of fused-ring (bicyclic) bond motifs is 1. The Morgan fingerprint density at radius 3 is 2.63 bits per heavy atom. The number of nitrogens with zero attached hydrogens (tertiary/aromatic N) is 2. The van der Waals surface area contributed by atoms with Crippen molar-refractivity contribution in [2.75, 3.05) is 26.2 Å². The number of likely N-dealkylation sites (tertiary alicyclic amines) is 1. The standard InChI is InChI=1S/C23H32N2O3S2/c1-17(2)15-24-10-7-20(8-11-24)28-23-14-19-16-25(12-9-22(19)29-23)30(26,27)21-6-4-5-18(3)13-21/h4-6,13-14,17,20H,7-12,15-16H2,1-3H3. The third-order valence-electron chi connectivity index (χ3n) is 5.88. The maximum Gasteiger partial charge on any atom is 0.243 e. The van der Waals surface area contributed by atoms with Crippen LogP contribution in [0.3, 0.4) is 0 Å². The molecule has 2 aliphatic heterocycles. The highest BCUT2D eigenvalue weighted by molar-refractivity contribution is 7.89. The zero-order valence-corrected chi connectivity index (χ0v) is 19.8. The Morgan fingerprint density at radius 2 is 1.93 bits per heavy atom. The van der Waals surface area contributed by atoms with E-state index < -0.39 is 10.0 Å². The summed E-state index contributed by atoms with van der Waals surface area (Å²) in [5, 5.41) is 0.942. The summed E-state index contributed by atoms with van der Waals surface area (Å²) in [6.07, 6.45) is 3.13. The number of hydrogen-bond donors (Lipinski definition) is 0. The van der Waals surface area contributed by atoms with Gasteiger partial charge in [0.15, 0.2) is 5.06 Å². The molecule has 0 bridgehead atoms. The predicted molar refractivity (Wildman–Crippen MR) is 122 cm³/mol. The second-order valence-electron chi connectivity index (χ2n) is 8.93. The molecule has 5 nitrogen and oxygen atoms in total. The molecule has 1 aromatic heterocycles. The van der Waals surface area contributed by atoms with Crippen LogP contribution in [-0.2, 0) is 23.0 Å². The molecule has 0 unspecified atom stereocenters. The molecular formula is C23H32N2O3S2. The molecule has 0 aliphatic carbocycles. The Bertz CT molecular complexity index is 976. The number of rotatable bonds is 6. The molecule has 0 radical (unpaired) electrons. The van der Waals surface area contributed by atoms with E-state index in [2.05, 4.69) is 24.8 Å². The molecule has 0 saturated carbocycles. The van der Waals surface area contributed by atoms with Crippen LogP contribution in [0.15, 0.2) is 35.2 Å². The molecule has 0 spiro atoms. The van der Waals surface area contributed by atoms with Crippen molar-refractivity contribution in [2.45, 2.75) is 57.6 Å². The largest absolute Gasteiger partial charge is 0.481 e. The van der Waals surface area contributed by atoms with Gasteiger partial charge in [-0.25, -0.2) is 8.42 Å².